The maximum Gasteiger partial charge on any atom is 0.272 e. The summed E-state index contributed by atoms with van der Waals surface area (Å²) in [5.41, 5.74) is 4.41. The molecule has 0 radical (unpaired) electrons. The van der Waals surface area contributed by atoms with Crippen molar-refractivity contribution in [3.8, 4) is 0 Å². The van der Waals surface area contributed by atoms with Gasteiger partial charge in [-0.3, -0.25) is 4.79 Å². The van der Waals surface area contributed by atoms with Gasteiger partial charge in [-0.2, -0.15) is 0 Å². The molecule has 5 heteroatoms. The molecule has 0 atom stereocenters. The number of para-hydroxylation sites is 1. The largest absolute Gasteiger partial charge is 0.318 e. The van der Waals surface area contributed by atoms with E-state index in [4.69, 9.17) is 0 Å². The zero-order valence-corrected chi connectivity index (χ0v) is 13.9. The van der Waals surface area contributed by atoms with E-state index in [0.29, 0.717) is 5.56 Å². The van der Waals surface area contributed by atoms with E-state index >= 15 is 0 Å². The van der Waals surface area contributed by atoms with Gasteiger partial charge in [0, 0.05) is 12.6 Å². The summed E-state index contributed by atoms with van der Waals surface area (Å²) in [5, 5.41) is 6.27. The molecule has 0 saturated carbocycles. The first kappa shape index (κ1) is 14.7. The summed E-state index contributed by atoms with van der Waals surface area (Å²) in [6, 6.07) is 21.6. The molecule has 0 unspecified atom stereocenters. The summed E-state index contributed by atoms with van der Waals surface area (Å²) in [4.78, 5) is 13.3. The molecule has 0 spiro atoms. The number of aromatic nitrogens is 1. The van der Waals surface area contributed by atoms with Crippen molar-refractivity contribution in [1.82, 2.24) is 9.99 Å². The van der Waals surface area contributed by atoms with Crippen LogP contribution < -0.4 is 10.2 Å². The van der Waals surface area contributed by atoms with Gasteiger partial charge in [-0.05, 0) is 29.0 Å². The minimum atomic E-state index is -0.204. The molecule has 0 aliphatic carbocycles. The molecule has 1 amide bonds. The smallest absolute Gasteiger partial charge is 0.272 e. The summed E-state index contributed by atoms with van der Waals surface area (Å²) in [6.45, 7) is 0. The van der Waals surface area contributed by atoms with Crippen molar-refractivity contribution in [2.75, 3.05) is 0 Å². The molecule has 1 heterocycles. The highest BCUT2D eigenvalue weighted by Crippen LogP contribution is 2.18. The number of hydrogen-bond donors (Lipinski definition) is 1. The first-order chi connectivity index (χ1) is 11.7. The number of nitrogens with one attached hydrogen (secondary N) is 1. The lowest BCUT2D eigenvalue weighted by Crippen LogP contribution is -2.23. The highest BCUT2D eigenvalue weighted by Gasteiger charge is 2.09. The van der Waals surface area contributed by atoms with E-state index in [2.05, 4.69) is 10.5 Å². The number of carbonyl (C=O) groups is 1. The predicted octanol–water partition coefficient (Wildman–Crippen LogP) is 3.64. The van der Waals surface area contributed by atoms with Crippen LogP contribution in [0, 0.1) is 0 Å². The van der Waals surface area contributed by atoms with Crippen molar-refractivity contribution < 1.29 is 4.79 Å². The van der Waals surface area contributed by atoms with Crippen LogP contribution in [-0.2, 0) is 7.05 Å². The Morgan fingerprint density at radius 3 is 2.62 bits per heavy atom. The Kier molecular flexibility index (Phi) is 3.63. The number of aryl methyl sites for hydroxylation is 1. The van der Waals surface area contributed by atoms with Crippen molar-refractivity contribution in [2.24, 2.45) is 12.1 Å². The quantitative estimate of drug-likeness (QED) is 0.559. The number of thiazole rings is 1. The minimum absolute atomic E-state index is 0.204. The van der Waals surface area contributed by atoms with Gasteiger partial charge >= 0.3 is 0 Å². The Bertz CT molecular complexity index is 1120. The van der Waals surface area contributed by atoms with Crippen molar-refractivity contribution >= 4 is 38.2 Å². The maximum atomic E-state index is 12.5. The molecule has 0 bridgehead atoms. The Labute approximate surface area is 142 Å². The van der Waals surface area contributed by atoms with Gasteiger partial charge in [0.05, 0.1) is 10.2 Å². The zero-order chi connectivity index (χ0) is 16.5. The van der Waals surface area contributed by atoms with Gasteiger partial charge < -0.3 is 4.57 Å². The van der Waals surface area contributed by atoms with Gasteiger partial charge in [0.25, 0.3) is 5.91 Å². The minimum Gasteiger partial charge on any atom is -0.318 e. The zero-order valence-electron chi connectivity index (χ0n) is 13.1. The topological polar surface area (TPSA) is 46.4 Å². The summed E-state index contributed by atoms with van der Waals surface area (Å²) >= 11 is 1.55. The van der Waals surface area contributed by atoms with Crippen molar-refractivity contribution in [3.63, 3.8) is 0 Å². The van der Waals surface area contributed by atoms with E-state index in [1.165, 1.54) is 0 Å². The standard InChI is InChI=1S/C19H15N3OS/c1-22-16-11-4-5-12-17(16)24-19(22)21-20-18(23)15-10-6-8-13-7-2-3-9-14(13)15/h2-12H,1H3,(H,20,23). The van der Waals surface area contributed by atoms with E-state index in [1.807, 2.05) is 78.3 Å². The first-order valence-electron chi connectivity index (χ1n) is 7.60. The lowest BCUT2D eigenvalue weighted by atomic mass is 10.0. The fourth-order valence-electron chi connectivity index (χ4n) is 2.77. The Balaban J connectivity index is 1.72. The van der Waals surface area contributed by atoms with Crippen LogP contribution in [-0.4, -0.2) is 10.5 Å². The Hall–Kier alpha value is -2.92. The number of carbonyl (C=O) groups excluding carboxylic acids is 1. The average Bonchev–Trinajstić information content (AvgIpc) is 2.95. The van der Waals surface area contributed by atoms with Gasteiger partial charge in [0.2, 0.25) is 4.80 Å². The van der Waals surface area contributed by atoms with Crippen LogP contribution in [0.2, 0.25) is 0 Å². The van der Waals surface area contributed by atoms with Crippen LogP contribution in [0.15, 0.2) is 71.8 Å². The Morgan fingerprint density at radius 2 is 1.75 bits per heavy atom. The number of fused-ring (bicyclic) bond motifs is 2. The molecular weight excluding hydrogens is 318 g/mol. The first-order valence-corrected chi connectivity index (χ1v) is 8.42. The summed E-state index contributed by atoms with van der Waals surface area (Å²) in [7, 11) is 1.95. The molecule has 24 heavy (non-hydrogen) atoms. The highest BCUT2D eigenvalue weighted by atomic mass is 32.1. The van der Waals surface area contributed by atoms with E-state index in [9.17, 15) is 4.79 Å². The monoisotopic (exact) mass is 333 g/mol. The SMILES string of the molecule is Cn1c(=NNC(=O)c2cccc3ccccc23)sc2ccccc21. The fourth-order valence-corrected chi connectivity index (χ4v) is 3.75. The van der Waals surface area contributed by atoms with E-state index in [-0.39, 0.29) is 5.91 Å². The maximum absolute atomic E-state index is 12.5. The van der Waals surface area contributed by atoms with E-state index in [0.717, 1.165) is 25.8 Å². The van der Waals surface area contributed by atoms with Crippen molar-refractivity contribution in [3.05, 3.63) is 77.1 Å². The third-order valence-corrected chi connectivity index (χ3v) is 5.11. The molecule has 0 fully saturated rings. The van der Waals surface area contributed by atoms with E-state index < -0.39 is 0 Å². The van der Waals surface area contributed by atoms with Gasteiger partial charge in [-0.25, -0.2) is 5.43 Å². The van der Waals surface area contributed by atoms with Crippen LogP contribution in [0.1, 0.15) is 10.4 Å². The normalized spacial score (nSPS) is 12.0. The molecule has 118 valence electrons. The lowest BCUT2D eigenvalue weighted by molar-refractivity contribution is 0.0954. The average molecular weight is 333 g/mol. The van der Waals surface area contributed by atoms with Crippen LogP contribution in [0.4, 0.5) is 0 Å². The number of rotatable bonds is 2. The highest BCUT2D eigenvalue weighted by molar-refractivity contribution is 7.16. The van der Waals surface area contributed by atoms with Gasteiger partial charge in [0.15, 0.2) is 0 Å². The van der Waals surface area contributed by atoms with Crippen LogP contribution in [0.5, 0.6) is 0 Å². The molecule has 4 aromatic rings. The van der Waals surface area contributed by atoms with Crippen LogP contribution in [0.25, 0.3) is 21.0 Å². The third-order valence-electron chi connectivity index (χ3n) is 4.00. The second kappa shape index (κ2) is 5.94. The molecule has 0 saturated heterocycles. The van der Waals surface area contributed by atoms with Crippen LogP contribution in [0.3, 0.4) is 0 Å². The summed E-state index contributed by atoms with van der Waals surface area (Å²) in [5.74, 6) is -0.204. The van der Waals surface area contributed by atoms with Crippen LogP contribution >= 0.6 is 11.3 Å². The van der Waals surface area contributed by atoms with Crippen molar-refractivity contribution in [1.29, 1.82) is 0 Å². The van der Waals surface area contributed by atoms with Gasteiger partial charge in [-0.15, -0.1) is 5.10 Å². The third kappa shape index (κ3) is 2.49. The van der Waals surface area contributed by atoms with E-state index in [1.54, 1.807) is 11.3 Å². The Morgan fingerprint density at radius 1 is 1.00 bits per heavy atom. The molecule has 4 rings (SSSR count). The molecule has 0 aliphatic rings. The van der Waals surface area contributed by atoms with Gasteiger partial charge in [-0.1, -0.05) is 59.9 Å². The predicted molar refractivity (Wildman–Crippen MR) is 97.8 cm³/mol. The molecule has 0 aliphatic heterocycles. The molecule has 4 nitrogen and oxygen atoms in total. The van der Waals surface area contributed by atoms with Crippen molar-refractivity contribution in [2.45, 2.75) is 0 Å². The van der Waals surface area contributed by atoms with Gasteiger partial charge in [0.1, 0.15) is 0 Å². The number of hydrogen-bond acceptors (Lipinski definition) is 3. The number of amides is 1. The molecule has 3 aromatic carbocycles. The fraction of sp³-hybridized carbons (Fsp3) is 0.0526. The lowest BCUT2D eigenvalue weighted by Gasteiger charge is -2.04. The second-order valence-corrected chi connectivity index (χ2v) is 6.50. The number of benzene rings is 3. The molecule has 1 aromatic heterocycles. The summed E-state index contributed by atoms with van der Waals surface area (Å²) < 4.78 is 3.11. The molecule has 1 N–H and O–H groups in total. The molecular formula is C19H15N3OS. The summed E-state index contributed by atoms with van der Waals surface area (Å²) in [6.07, 6.45) is 0. The number of nitrogens with zero attached hydrogens (tertiary/aromatic N) is 2. The second-order valence-electron chi connectivity index (χ2n) is 5.49.